The van der Waals surface area contributed by atoms with Gasteiger partial charge in [-0.25, -0.2) is 0 Å². The van der Waals surface area contributed by atoms with E-state index >= 15 is 0 Å². The van der Waals surface area contributed by atoms with Crippen molar-refractivity contribution < 1.29 is 9.53 Å². The van der Waals surface area contributed by atoms with Gasteiger partial charge in [-0.15, -0.1) is 0 Å². The van der Waals surface area contributed by atoms with Crippen LogP contribution in [0.25, 0.3) is 0 Å². The molecule has 0 spiro atoms. The number of carbonyl (C=O) groups is 1. The van der Waals surface area contributed by atoms with Crippen molar-refractivity contribution in [1.82, 2.24) is 9.80 Å². The number of ether oxygens (including phenoxy) is 1. The van der Waals surface area contributed by atoms with E-state index in [9.17, 15) is 4.79 Å². The molecule has 118 valence electrons. The molecule has 1 unspecified atom stereocenters. The first-order valence-electron chi connectivity index (χ1n) is 7.81. The maximum atomic E-state index is 12.7. The third-order valence-electron chi connectivity index (χ3n) is 4.46. The summed E-state index contributed by atoms with van der Waals surface area (Å²) in [6.07, 6.45) is 2.43. The van der Waals surface area contributed by atoms with Crippen LogP contribution in [0.1, 0.15) is 26.2 Å². The van der Waals surface area contributed by atoms with Gasteiger partial charge < -0.3 is 15.4 Å². The number of nitrogens with two attached hydrogens (primary N) is 1. The number of morpholine rings is 1. The largest absolute Gasteiger partial charge is 0.379 e. The van der Waals surface area contributed by atoms with E-state index in [0.717, 1.165) is 45.7 Å². The van der Waals surface area contributed by atoms with Crippen molar-refractivity contribution in [2.45, 2.75) is 31.7 Å². The van der Waals surface area contributed by atoms with Crippen molar-refractivity contribution >= 4 is 5.91 Å². The average molecular weight is 294 g/mol. The van der Waals surface area contributed by atoms with Crippen LogP contribution >= 0.6 is 0 Å². The number of nitriles is 1. The molecule has 0 aromatic carbocycles. The molecule has 21 heavy (non-hydrogen) atoms. The minimum Gasteiger partial charge on any atom is -0.379 e. The molecule has 1 saturated heterocycles. The van der Waals surface area contributed by atoms with Crippen LogP contribution in [0.4, 0.5) is 0 Å². The van der Waals surface area contributed by atoms with E-state index in [0.29, 0.717) is 25.4 Å². The Hall–Kier alpha value is -1.16. The average Bonchev–Trinajstić information content (AvgIpc) is 3.33. The SMILES string of the molecule is CC(N)(C(=O)N(CCC#N)CCN1CCOCC1)C1CC1. The van der Waals surface area contributed by atoms with Gasteiger partial charge in [0.25, 0.3) is 0 Å². The third kappa shape index (κ3) is 4.40. The lowest BCUT2D eigenvalue weighted by molar-refractivity contribution is -0.137. The van der Waals surface area contributed by atoms with Crippen molar-refractivity contribution in [3.05, 3.63) is 0 Å². The molecule has 2 N–H and O–H groups in total. The molecule has 1 aliphatic heterocycles. The molecule has 0 radical (unpaired) electrons. The lowest BCUT2D eigenvalue weighted by atomic mass is 9.95. The van der Waals surface area contributed by atoms with Crippen LogP contribution in [0.2, 0.25) is 0 Å². The van der Waals surface area contributed by atoms with Gasteiger partial charge in [-0.3, -0.25) is 9.69 Å². The molecule has 0 bridgehead atoms. The first-order chi connectivity index (χ1) is 10.1. The molecule has 1 aliphatic carbocycles. The molecule has 0 aromatic rings. The molecular weight excluding hydrogens is 268 g/mol. The summed E-state index contributed by atoms with van der Waals surface area (Å²) in [4.78, 5) is 16.7. The summed E-state index contributed by atoms with van der Waals surface area (Å²) in [6, 6.07) is 2.12. The zero-order chi connectivity index (χ0) is 15.3. The maximum Gasteiger partial charge on any atom is 0.242 e. The van der Waals surface area contributed by atoms with Gasteiger partial charge in [-0.2, -0.15) is 5.26 Å². The summed E-state index contributed by atoms with van der Waals surface area (Å²) in [6.45, 7) is 7.08. The topological polar surface area (TPSA) is 82.6 Å². The van der Waals surface area contributed by atoms with Crippen molar-refractivity contribution in [2.75, 3.05) is 45.9 Å². The van der Waals surface area contributed by atoms with Crippen molar-refractivity contribution in [2.24, 2.45) is 11.7 Å². The smallest absolute Gasteiger partial charge is 0.242 e. The summed E-state index contributed by atoms with van der Waals surface area (Å²) < 4.78 is 5.33. The van der Waals surface area contributed by atoms with E-state index in [2.05, 4.69) is 11.0 Å². The van der Waals surface area contributed by atoms with Crippen LogP contribution in [-0.4, -0.2) is 67.2 Å². The summed E-state index contributed by atoms with van der Waals surface area (Å²) in [5.41, 5.74) is 5.46. The predicted molar refractivity (Wildman–Crippen MR) is 79.4 cm³/mol. The van der Waals surface area contributed by atoms with Gasteiger partial charge in [0.05, 0.1) is 31.2 Å². The Bertz CT molecular complexity index is 395. The second-order valence-electron chi connectivity index (χ2n) is 6.21. The fraction of sp³-hybridized carbons (Fsp3) is 0.867. The number of nitrogens with zero attached hydrogens (tertiary/aromatic N) is 3. The van der Waals surface area contributed by atoms with Crippen LogP contribution in [0.3, 0.4) is 0 Å². The number of amides is 1. The highest BCUT2D eigenvalue weighted by atomic mass is 16.5. The second kappa shape index (κ2) is 7.21. The zero-order valence-corrected chi connectivity index (χ0v) is 12.9. The van der Waals surface area contributed by atoms with E-state index < -0.39 is 5.54 Å². The Morgan fingerprint density at radius 2 is 2.10 bits per heavy atom. The maximum absolute atomic E-state index is 12.7. The molecule has 1 saturated carbocycles. The molecule has 1 atom stereocenters. The quantitative estimate of drug-likeness (QED) is 0.724. The summed E-state index contributed by atoms with van der Waals surface area (Å²) in [5, 5.41) is 8.79. The van der Waals surface area contributed by atoms with Crippen LogP contribution in [0.5, 0.6) is 0 Å². The monoisotopic (exact) mass is 294 g/mol. The van der Waals surface area contributed by atoms with Crippen LogP contribution in [0.15, 0.2) is 0 Å². The van der Waals surface area contributed by atoms with Gasteiger partial charge >= 0.3 is 0 Å². The lowest BCUT2D eigenvalue weighted by Crippen LogP contribution is -2.56. The zero-order valence-electron chi connectivity index (χ0n) is 12.9. The first kappa shape index (κ1) is 16.2. The van der Waals surface area contributed by atoms with Crippen molar-refractivity contribution in [1.29, 1.82) is 5.26 Å². The molecule has 2 aliphatic rings. The Morgan fingerprint density at radius 1 is 1.43 bits per heavy atom. The molecule has 6 nitrogen and oxygen atoms in total. The highest BCUT2D eigenvalue weighted by Gasteiger charge is 2.45. The highest BCUT2D eigenvalue weighted by Crippen LogP contribution is 2.38. The van der Waals surface area contributed by atoms with Crippen LogP contribution in [-0.2, 0) is 9.53 Å². The van der Waals surface area contributed by atoms with E-state index in [1.165, 1.54) is 0 Å². The lowest BCUT2D eigenvalue weighted by Gasteiger charge is -2.34. The van der Waals surface area contributed by atoms with Gasteiger partial charge in [-0.05, 0) is 25.7 Å². The fourth-order valence-electron chi connectivity index (χ4n) is 2.79. The van der Waals surface area contributed by atoms with Crippen molar-refractivity contribution in [3.63, 3.8) is 0 Å². The van der Waals surface area contributed by atoms with Gasteiger partial charge in [0.2, 0.25) is 5.91 Å². The minimum atomic E-state index is -0.777. The van der Waals surface area contributed by atoms with E-state index in [4.69, 9.17) is 15.7 Å². The first-order valence-corrected chi connectivity index (χ1v) is 7.81. The van der Waals surface area contributed by atoms with Gasteiger partial charge in [-0.1, -0.05) is 0 Å². The van der Waals surface area contributed by atoms with E-state index in [1.54, 1.807) is 4.90 Å². The molecule has 1 amide bonds. The van der Waals surface area contributed by atoms with Crippen molar-refractivity contribution in [3.8, 4) is 6.07 Å². The van der Waals surface area contributed by atoms with Gasteiger partial charge in [0.1, 0.15) is 0 Å². The fourth-order valence-corrected chi connectivity index (χ4v) is 2.79. The Labute approximate surface area is 126 Å². The number of carbonyl (C=O) groups excluding carboxylic acids is 1. The second-order valence-corrected chi connectivity index (χ2v) is 6.21. The Morgan fingerprint density at radius 3 is 2.67 bits per heavy atom. The summed E-state index contributed by atoms with van der Waals surface area (Å²) in [7, 11) is 0. The standard InChI is InChI=1S/C15H26N4O2/c1-15(17,13-3-4-13)14(20)19(6-2-5-16)8-7-18-9-11-21-12-10-18/h13H,2-4,6-12,17H2,1H3. The molecule has 2 fully saturated rings. The summed E-state index contributed by atoms with van der Waals surface area (Å²) in [5.74, 6) is 0.298. The number of rotatable bonds is 7. The van der Waals surface area contributed by atoms with Crippen LogP contribution in [0, 0.1) is 17.2 Å². The highest BCUT2D eigenvalue weighted by molar-refractivity contribution is 5.86. The van der Waals surface area contributed by atoms with E-state index in [-0.39, 0.29) is 5.91 Å². The third-order valence-corrected chi connectivity index (χ3v) is 4.46. The minimum absolute atomic E-state index is 0.00601. The molecule has 1 heterocycles. The van der Waals surface area contributed by atoms with E-state index in [1.807, 2.05) is 6.92 Å². The van der Waals surface area contributed by atoms with Crippen LogP contribution < -0.4 is 5.73 Å². The van der Waals surface area contributed by atoms with Gasteiger partial charge in [0.15, 0.2) is 0 Å². The Kier molecular flexibility index (Phi) is 5.57. The predicted octanol–water partition coefficient (Wildman–Crippen LogP) is 0.188. The normalized spacial score (nSPS) is 22.3. The Balaban J connectivity index is 1.89. The summed E-state index contributed by atoms with van der Waals surface area (Å²) >= 11 is 0. The molecule has 6 heteroatoms. The number of hydrogen-bond acceptors (Lipinski definition) is 5. The van der Waals surface area contributed by atoms with Gasteiger partial charge in [0, 0.05) is 32.7 Å². The molecular formula is C15H26N4O2. The molecule has 2 rings (SSSR count). The number of hydrogen-bond donors (Lipinski definition) is 1. The molecule has 0 aromatic heterocycles.